The Kier molecular flexibility index (Phi) is 4.11. The predicted molar refractivity (Wildman–Crippen MR) is 76.4 cm³/mol. The summed E-state index contributed by atoms with van der Waals surface area (Å²) in [6.45, 7) is 0.361. The van der Waals surface area contributed by atoms with Crippen molar-refractivity contribution in [1.82, 2.24) is 4.90 Å². The molecule has 1 saturated heterocycles. The van der Waals surface area contributed by atoms with Crippen molar-refractivity contribution in [2.45, 2.75) is 15.3 Å². The standard InChI is InChI=1S/C12H11ClINO3/c13-9-8(14)6-15(10(9)12(17)18)11(16)7-4-2-1-3-5-7/h1-5,8-10H,6H2,(H,17,18). The van der Waals surface area contributed by atoms with Crippen molar-refractivity contribution in [2.75, 3.05) is 6.54 Å². The second-order valence-electron chi connectivity index (χ2n) is 4.07. The number of likely N-dealkylation sites (tertiary alicyclic amines) is 1. The Balaban J connectivity index is 2.27. The number of carboxylic acid groups (broad SMARTS) is 1. The van der Waals surface area contributed by atoms with Crippen LogP contribution in [0.2, 0.25) is 0 Å². The van der Waals surface area contributed by atoms with Gasteiger partial charge in [-0.3, -0.25) is 4.79 Å². The van der Waals surface area contributed by atoms with Crippen molar-refractivity contribution < 1.29 is 14.7 Å². The highest BCUT2D eigenvalue weighted by atomic mass is 127. The Morgan fingerprint density at radius 2 is 1.94 bits per heavy atom. The number of amides is 1. The van der Waals surface area contributed by atoms with E-state index >= 15 is 0 Å². The molecule has 1 N–H and O–H groups in total. The molecule has 0 radical (unpaired) electrons. The first-order valence-electron chi connectivity index (χ1n) is 5.39. The SMILES string of the molecule is O=C(O)C1C(Cl)C(I)CN1C(=O)c1ccccc1. The Labute approximate surface area is 123 Å². The Morgan fingerprint density at radius 3 is 2.50 bits per heavy atom. The summed E-state index contributed by atoms with van der Waals surface area (Å²) in [6, 6.07) is 7.69. The van der Waals surface area contributed by atoms with Gasteiger partial charge in [-0.1, -0.05) is 40.8 Å². The fraction of sp³-hybridized carbons (Fsp3) is 0.333. The van der Waals surface area contributed by atoms with Crippen molar-refractivity contribution in [3.63, 3.8) is 0 Å². The fourth-order valence-corrected chi connectivity index (χ4v) is 3.14. The number of hydrogen-bond donors (Lipinski definition) is 1. The molecule has 1 amide bonds. The second kappa shape index (κ2) is 5.44. The van der Waals surface area contributed by atoms with Gasteiger partial charge in [0.05, 0.1) is 5.38 Å². The van der Waals surface area contributed by atoms with Gasteiger partial charge in [0, 0.05) is 16.0 Å². The molecule has 0 bridgehead atoms. The number of carboxylic acids is 1. The molecule has 6 heteroatoms. The van der Waals surface area contributed by atoms with Crippen LogP contribution in [-0.2, 0) is 4.79 Å². The molecular formula is C12H11ClINO3. The van der Waals surface area contributed by atoms with E-state index in [0.29, 0.717) is 12.1 Å². The molecule has 0 aromatic heterocycles. The molecule has 0 saturated carbocycles. The van der Waals surface area contributed by atoms with E-state index in [0.717, 1.165) is 0 Å². The van der Waals surface area contributed by atoms with E-state index in [4.69, 9.17) is 11.6 Å². The first kappa shape index (κ1) is 13.6. The summed E-state index contributed by atoms with van der Waals surface area (Å²) in [5.41, 5.74) is 0.484. The van der Waals surface area contributed by atoms with Crippen molar-refractivity contribution in [2.24, 2.45) is 0 Å². The lowest BCUT2D eigenvalue weighted by Crippen LogP contribution is -2.43. The van der Waals surface area contributed by atoms with Crippen LogP contribution in [0.3, 0.4) is 0 Å². The maximum absolute atomic E-state index is 12.3. The van der Waals surface area contributed by atoms with E-state index in [-0.39, 0.29) is 9.83 Å². The number of hydrogen-bond acceptors (Lipinski definition) is 2. The zero-order valence-corrected chi connectivity index (χ0v) is 12.2. The average molecular weight is 380 g/mol. The van der Waals surface area contributed by atoms with Crippen LogP contribution >= 0.6 is 34.2 Å². The van der Waals surface area contributed by atoms with E-state index in [2.05, 4.69) is 22.6 Å². The summed E-state index contributed by atoms with van der Waals surface area (Å²) in [6.07, 6.45) is 0. The second-order valence-corrected chi connectivity index (χ2v) is 6.17. The van der Waals surface area contributed by atoms with Gasteiger partial charge in [-0.05, 0) is 12.1 Å². The first-order valence-corrected chi connectivity index (χ1v) is 7.07. The number of nitrogens with zero attached hydrogens (tertiary/aromatic N) is 1. The maximum Gasteiger partial charge on any atom is 0.328 e. The van der Waals surface area contributed by atoms with E-state index in [9.17, 15) is 14.7 Å². The van der Waals surface area contributed by atoms with Gasteiger partial charge in [0.15, 0.2) is 0 Å². The van der Waals surface area contributed by atoms with Crippen LogP contribution in [-0.4, -0.2) is 43.8 Å². The Bertz CT molecular complexity index is 468. The monoisotopic (exact) mass is 379 g/mol. The van der Waals surface area contributed by atoms with Gasteiger partial charge in [-0.25, -0.2) is 4.79 Å². The molecule has 18 heavy (non-hydrogen) atoms. The van der Waals surface area contributed by atoms with Crippen molar-refractivity contribution in [1.29, 1.82) is 0 Å². The molecular weight excluding hydrogens is 368 g/mol. The van der Waals surface area contributed by atoms with Gasteiger partial charge in [0.2, 0.25) is 0 Å². The van der Waals surface area contributed by atoms with Gasteiger partial charge in [-0.2, -0.15) is 0 Å². The molecule has 3 atom stereocenters. The predicted octanol–water partition coefficient (Wildman–Crippen LogP) is 2.01. The minimum atomic E-state index is -1.06. The molecule has 0 aliphatic carbocycles. The molecule has 1 aromatic rings. The summed E-state index contributed by atoms with van der Waals surface area (Å²) in [4.78, 5) is 24.8. The molecule has 4 nitrogen and oxygen atoms in total. The quantitative estimate of drug-likeness (QED) is 0.632. The van der Waals surface area contributed by atoms with E-state index in [1.54, 1.807) is 30.3 Å². The average Bonchev–Trinajstić information content (AvgIpc) is 2.66. The van der Waals surface area contributed by atoms with Gasteiger partial charge in [0.1, 0.15) is 6.04 Å². The molecule has 1 fully saturated rings. The molecule has 1 heterocycles. The number of halogens is 2. The molecule has 1 aliphatic heterocycles. The van der Waals surface area contributed by atoms with Gasteiger partial charge in [-0.15, -0.1) is 11.6 Å². The zero-order chi connectivity index (χ0) is 13.3. The lowest BCUT2D eigenvalue weighted by molar-refractivity contribution is -0.141. The summed E-state index contributed by atoms with van der Waals surface area (Å²) < 4.78 is -0.0574. The van der Waals surface area contributed by atoms with Crippen molar-refractivity contribution >= 4 is 46.1 Å². The number of alkyl halides is 2. The van der Waals surface area contributed by atoms with Crippen LogP contribution in [0.1, 0.15) is 10.4 Å². The largest absolute Gasteiger partial charge is 0.480 e. The Hall–Kier alpha value is -0.820. The number of carbonyl (C=O) groups excluding carboxylic acids is 1. The fourth-order valence-electron chi connectivity index (χ4n) is 2.00. The first-order chi connectivity index (χ1) is 8.52. The molecule has 96 valence electrons. The van der Waals surface area contributed by atoms with Gasteiger partial charge >= 0.3 is 5.97 Å². The third-order valence-corrected chi connectivity index (χ3v) is 5.03. The zero-order valence-electron chi connectivity index (χ0n) is 9.29. The van der Waals surface area contributed by atoms with E-state index in [1.807, 2.05) is 0 Å². The number of carbonyl (C=O) groups is 2. The highest BCUT2D eigenvalue weighted by Gasteiger charge is 2.46. The summed E-state index contributed by atoms with van der Waals surface area (Å²) in [5, 5.41) is 8.63. The molecule has 3 unspecified atom stereocenters. The van der Waals surface area contributed by atoms with E-state index < -0.39 is 17.4 Å². The number of benzene rings is 1. The highest BCUT2D eigenvalue weighted by molar-refractivity contribution is 14.1. The topological polar surface area (TPSA) is 57.6 Å². The minimum Gasteiger partial charge on any atom is -0.480 e. The lowest BCUT2D eigenvalue weighted by atomic mass is 10.1. The van der Waals surface area contributed by atoms with Gasteiger partial charge < -0.3 is 10.0 Å². The molecule has 1 aromatic carbocycles. The summed E-state index contributed by atoms with van der Waals surface area (Å²) in [5.74, 6) is -1.34. The maximum atomic E-state index is 12.3. The smallest absolute Gasteiger partial charge is 0.328 e. The third-order valence-electron chi connectivity index (χ3n) is 2.89. The van der Waals surface area contributed by atoms with Crippen LogP contribution in [0.15, 0.2) is 30.3 Å². The lowest BCUT2D eigenvalue weighted by Gasteiger charge is -2.22. The minimum absolute atomic E-state index is 0.0574. The summed E-state index contributed by atoms with van der Waals surface area (Å²) >= 11 is 8.15. The number of aliphatic carboxylic acids is 1. The van der Waals surface area contributed by atoms with E-state index in [1.165, 1.54) is 4.90 Å². The number of rotatable bonds is 2. The molecule has 1 aliphatic rings. The van der Waals surface area contributed by atoms with Gasteiger partial charge in [0.25, 0.3) is 5.91 Å². The van der Waals surface area contributed by atoms with Crippen LogP contribution in [0.5, 0.6) is 0 Å². The molecule has 0 spiro atoms. The normalized spacial score (nSPS) is 27.2. The van der Waals surface area contributed by atoms with Crippen LogP contribution in [0, 0.1) is 0 Å². The third kappa shape index (κ3) is 2.47. The van der Waals surface area contributed by atoms with Crippen LogP contribution in [0.4, 0.5) is 0 Å². The summed E-state index contributed by atoms with van der Waals surface area (Å²) in [7, 11) is 0. The molecule has 2 rings (SSSR count). The van der Waals surface area contributed by atoms with Crippen molar-refractivity contribution in [3.8, 4) is 0 Å². The highest BCUT2D eigenvalue weighted by Crippen LogP contribution is 2.30. The Morgan fingerprint density at radius 1 is 1.33 bits per heavy atom. The van der Waals surface area contributed by atoms with Crippen LogP contribution in [0.25, 0.3) is 0 Å². The van der Waals surface area contributed by atoms with Crippen molar-refractivity contribution in [3.05, 3.63) is 35.9 Å². The van der Waals surface area contributed by atoms with Crippen LogP contribution < -0.4 is 0 Å².